The number of rotatable bonds is 4. The van der Waals surface area contributed by atoms with Crippen molar-refractivity contribution in [3.8, 4) is 0 Å². The van der Waals surface area contributed by atoms with E-state index in [1.807, 2.05) is 0 Å². The second-order valence-corrected chi connectivity index (χ2v) is 6.20. The van der Waals surface area contributed by atoms with E-state index in [4.69, 9.17) is 0 Å². The van der Waals surface area contributed by atoms with Crippen molar-refractivity contribution in [2.24, 2.45) is 5.92 Å². The van der Waals surface area contributed by atoms with Gasteiger partial charge >= 0.3 is 0 Å². The van der Waals surface area contributed by atoms with Crippen molar-refractivity contribution >= 4 is 0 Å². The van der Waals surface area contributed by atoms with Gasteiger partial charge in [-0.2, -0.15) is 0 Å². The molecule has 8 heteroatoms. The highest BCUT2D eigenvalue weighted by Gasteiger charge is 2.41. The standard InChI is InChI=1S/C14H25NO7/c16-4-6-1-8(12(20)10(18)2-6)15-9-3-7(5-17)11(19)14(22)13(9)21/h3,6,8-22H,1-2,4-5H2/t6-,8-,9-,10+,11-,12-,13-,14-/m0/s1. The molecule has 2 aliphatic rings. The first-order valence-corrected chi connectivity index (χ1v) is 7.47. The Morgan fingerprint density at radius 2 is 1.64 bits per heavy atom. The van der Waals surface area contributed by atoms with Gasteiger partial charge < -0.3 is 41.1 Å². The van der Waals surface area contributed by atoms with E-state index in [9.17, 15) is 35.7 Å². The Morgan fingerprint density at radius 1 is 0.955 bits per heavy atom. The van der Waals surface area contributed by atoms with E-state index in [0.29, 0.717) is 12.8 Å². The largest absolute Gasteiger partial charge is 0.396 e. The Bertz CT molecular complexity index is 405. The second-order valence-electron chi connectivity index (χ2n) is 6.20. The Labute approximate surface area is 128 Å². The van der Waals surface area contributed by atoms with Crippen molar-refractivity contribution in [1.29, 1.82) is 0 Å². The quantitative estimate of drug-likeness (QED) is 0.248. The van der Waals surface area contributed by atoms with E-state index in [-0.39, 0.29) is 18.1 Å². The Morgan fingerprint density at radius 3 is 2.23 bits per heavy atom. The normalized spacial score (nSPS) is 46.4. The molecule has 8 nitrogen and oxygen atoms in total. The third kappa shape index (κ3) is 3.50. The number of nitrogens with one attached hydrogen (secondary N) is 1. The van der Waals surface area contributed by atoms with Gasteiger partial charge in [-0.25, -0.2) is 0 Å². The smallest absolute Gasteiger partial charge is 0.111 e. The molecule has 0 heterocycles. The second kappa shape index (κ2) is 7.33. The molecule has 0 radical (unpaired) electrons. The minimum absolute atomic E-state index is 0.117. The summed E-state index contributed by atoms with van der Waals surface area (Å²) in [5, 5.41) is 70.8. The maximum Gasteiger partial charge on any atom is 0.111 e. The van der Waals surface area contributed by atoms with Gasteiger partial charge in [0.25, 0.3) is 0 Å². The molecule has 0 amide bonds. The molecular weight excluding hydrogens is 294 g/mol. The minimum Gasteiger partial charge on any atom is -0.396 e. The van der Waals surface area contributed by atoms with Crippen LogP contribution in [0.3, 0.4) is 0 Å². The maximum absolute atomic E-state index is 10.1. The minimum atomic E-state index is -1.45. The molecule has 1 fully saturated rings. The number of hydrogen-bond acceptors (Lipinski definition) is 8. The van der Waals surface area contributed by atoms with E-state index in [1.54, 1.807) is 0 Å². The molecule has 8 N–H and O–H groups in total. The molecule has 2 rings (SSSR count). The number of aliphatic hydroxyl groups is 7. The summed E-state index contributed by atoms with van der Waals surface area (Å²) in [6.45, 7) is -0.577. The van der Waals surface area contributed by atoms with Gasteiger partial charge in [0, 0.05) is 12.6 Å². The summed E-state index contributed by atoms with van der Waals surface area (Å²) in [5.74, 6) is -0.173. The van der Waals surface area contributed by atoms with Crippen LogP contribution >= 0.6 is 0 Å². The van der Waals surface area contributed by atoms with Crippen molar-refractivity contribution in [3.05, 3.63) is 11.6 Å². The van der Waals surface area contributed by atoms with Crippen LogP contribution in [0.4, 0.5) is 0 Å². The fraction of sp³-hybridized carbons (Fsp3) is 0.857. The van der Waals surface area contributed by atoms with E-state index in [2.05, 4.69) is 5.32 Å². The molecule has 0 aromatic rings. The van der Waals surface area contributed by atoms with Gasteiger partial charge in [0.05, 0.1) is 24.9 Å². The fourth-order valence-corrected chi connectivity index (χ4v) is 3.25. The first kappa shape index (κ1) is 17.8. The Hall–Kier alpha value is -0.580. The van der Waals surface area contributed by atoms with Crippen molar-refractivity contribution in [3.63, 3.8) is 0 Å². The van der Waals surface area contributed by atoms with Gasteiger partial charge in [0.15, 0.2) is 0 Å². The van der Waals surface area contributed by atoms with Gasteiger partial charge in [-0.1, -0.05) is 6.08 Å². The third-order valence-corrected chi connectivity index (χ3v) is 4.63. The van der Waals surface area contributed by atoms with E-state index < -0.39 is 49.2 Å². The highest BCUT2D eigenvalue weighted by Crippen LogP contribution is 2.27. The van der Waals surface area contributed by atoms with E-state index in [0.717, 1.165) is 0 Å². The zero-order chi connectivity index (χ0) is 16.4. The van der Waals surface area contributed by atoms with Gasteiger partial charge in [0.1, 0.15) is 18.3 Å². The molecule has 8 atom stereocenters. The lowest BCUT2D eigenvalue weighted by Gasteiger charge is -2.41. The Kier molecular flexibility index (Phi) is 5.92. The molecule has 22 heavy (non-hydrogen) atoms. The highest BCUT2D eigenvalue weighted by molar-refractivity contribution is 5.22. The highest BCUT2D eigenvalue weighted by atomic mass is 16.4. The maximum atomic E-state index is 10.1. The molecule has 0 bridgehead atoms. The van der Waals surface area contributed by atoms with Gasteiger partial charge in [-0.15, -0.1) is 0 Å². The topological polar surface area (TPSA) is 154 Å². The fourth-order valence-electron chi connectivity index (χ4n) is 3.25. The molecule has 0 aliphatic heterocycles. The van der Waals surface area contributed by atoms with Crippen LogP contribution in [0.1, 0.15) is 12.8 Å². The lowest BCUT2D eigenvalue weighted by Crippen LogP contribution is -2.60. The van der Waals surface area contributed by atoms with Crippen LogP contribution < -0.4 is 5.32 Å². The van der Waals surface area contributed by atoms with Crippen LogP contribution in [0.5, 0.6) is 0 Å². The van der Waals surface area contributed by atoms with E-state index >= 15 is 0 Å². The average Bonchev–Trinajstić information content (AvgIpc) is 2.51. The zero-order valence-electron chi connectivity index (χ0n) is 12.2. The van der Waals surface area contributed by atoms with Crippen LogP contribution in [0.25, 0.3) is 0 Å². The number of aliphatic hydroxyl groups excluding tert-OH is 7. The third-order valence-electron chi connectivity index (χ3n) is 4.63. The zero-order valence-corrected chi connectivity index (χ0v) is 12.2. The predicted molar refractivity (Wildman–Crippen MR) is 75.7 cm³/mol. The summed E-state index contributed by atoms with van der Waals surface area (Å²) in [4.78, 5) is 0. The summed E-state index contributed by atoms with van der Waals surface area (Å²) in [6, 6.07) is -1.37. The van der Waals surface area contributed by atoms with Crippen LogP contribution in [0.15, 0.2) is 11.6 Å². The lowest BCUT2D eigenvalue weighted by molar-refractivity contribution is -0.0811. The monoisotopic (exact) mass is 319 g/mol. The average molecular weight is 319 g/mol. The molecular formula is C14H25NO7. The van der Waals surface area contributed by atoms with Crippen LogP contribution in [-0.4, -0.2) is 91.6 Å². The summed E-state index contributed by atoms with van der Waals surface area (Å²) in [7, 11) is 0. The van der Waals surface area contributed by atoms with Crippen molar-refractivity contribution in [1.82, 2.24) is 5.32 Å². The van der Waals surface area contributed by atoms with E-state index in [1.165, 1.54) is 6.08 Å². The Balaban J connectivity index is 2.12. The summed E-state index contributed by atoms with van der Waals surface area (Å²) in [6.07, 6.45) is -4.05. The van der Waals surface area contributed by atoms with Crippen LogP contribution in [0, 0.1) is 5.92 Å². The summed E-state index contributed by atoms with van der Waals surface area (Å²) in [5.41, 5.74) is 0.180. The molecule has 0 aromatic heterocycles. The molecule has 2 aliphatic carbocycles. The van der Waals surface area contributed by atoms with Gasteiger partial charge in [-0.3, -0.25) is 0 Å². The molecule has 128 valence electrons. The molecule has 0 saturated heterocycles. The van der Waals surface area contributed by atoms with Crippen molar-refractivity contribution in [2.45, 2.75) is 55.4 Å². The summed E-state index contributed by atoms with van der Waals surface area (Å²) < 4.78 is 0. The van der Waals surface area contributed by atoms with Gasteiger partial charge in [-0.05, 0) is 24.3 Å². The van der Waals surface area contributed by atoms with Gasteiger partial charge in [0.2, 0.25) is 0 Å². The number of hydrogen-bond donors (Lipinski definition) is 8. The lowest BCUT2D eigenvalue weighted by atomic mass is 9.80. The molecule has 1 saturated carbocycles. The van der Waals surface area contributed by atoms with Crippen LogP contribution in [0.2, 0.25) is 0 Å². The van der Waals surface area contributed by atoms with Crippen molar-refractivity contribution < 1.29 is 35.7 Å². The predicted octanol–water partition coefficient (Wildman–Crippen LogP) is -3.55. The molecule has 0 unspecified atom stereocenters. The SMILES string of the molecule is OCC1=C[C@H](N[C@H]2C[C@H](CO)C[C@@H](O)[C@H]2O)[C@H](O)[C@@H](O)[C@H]1O. The van der Waals surface area contributed by atoms with Crippen LogP contribution in [-0.2, 0) is 0 Å². The summed E-state index contributed by atoms with van der Waals surface area (Å²) >= 11 is 0. The first-order chi connectivity index (χ1) is 10.4. The van der Waals surface area contributed by atoms with Crippen molar-refractivity contribution in [2.75, 3.05) is 13.2 Å². The molecule has 0 aromatic carbocycles. The molecule has 0 spiro atoms. The first-order valence-electron chi connectivity index (χ1n) is 7.47.